The SMILES string of the molecule is COc1ccc(NC(=O)NCCCCCCNC(=O)Nc2ccc(OC)c(OC)c2)cc1OC. The predicted octanol–water partition coefficient (Wildman–Crippen LogP) is 4.22. The Morgan fingerprint density at radius 1 is 0.588 bits per heavy atom. The highest BCUT2D eigenvalue weighted by Crippen LogP contribution is 2.30. The number of nitrogens with one attached hydrogen (secondary N) is 4. The number of urea groups is 2. The predicted molar refractivity (Wildman–Crippen MR) is 132 cm³/mol. The number of ether oxygens (including phenoxy) is 4. The fourth-order valence-electron chi connectivity index (χ4n) is 3.19. The Balaban J connectivity index is 1.55. The van der Waals surface area contributed by atoms with Crippen LogP contribution in [0.25, 0.3) is 0 Å². The molecule has 0 aliphatic heterocycles. The molecule has 0 aliphatic rings. The summed E-state index contributed by atoms with van der Waals surface area (Å²) in [6.45, 7) is 1.12. The van der Waals surface area contributed by atoms with Crippen LogP contribution in [0.15, 0.2) is 36.4 Å². The highest BCUT2D eigenvalue weighted by Gasteiger charge is 2.08. The van der Waals surface area contributed by atoms with E-state index >= 15 is 0 Å². The first kappa shape index (κ1) is 26.4. The number of amides is 4. The molecule has 0 aliphatic carbocycles. The molecule has 2 rings (SSSR count). The zero-order valence-electron chi connectivity index (χ0n) is 20.2. The fourth-order valence-corrected chi connectivity index (χ4v) is 3.19. The molecule has 10 heteroatoms. The monoisotopic (exact) mass is 474 g/mol. The van der Waals surface area contributed by atoms with Crippen molar-refractivity contribution in [2.24, 2.45) is 0 Å². The van der Waals surface area contributed by atoms with Crippen LogP contribution in [0.4, 0.5) is 21.0 Å². The Morgan fingerprint density at radius 3 is 1.32 bits per heavy atom. The van der Waals surface area contributed by atoms with E-state index in [1.54, 1.807) is 64.8 Å². The zero-order valence-corrected chi connectivity index (χ0v) is 20.2. The van der Waals surface area contributed by atoms with Gasteiger partial charge in [0.05, 0.1) is 28.4 Å². The quantitative estimate of drug-likeness (QED) is 0.323. The Morgan fingerprint density at radius 2 is 0.971 bits per heavy atom. The summed E-state index contributed by atoms with van der Waals surface area (Å²) in [6.07, 6.45) is 3.57. The Labute approximate surface area is 200 Å². The largest absolute Gasteiger partial charge is 0.493 e. The lowest BCUT2D eigenvalue weighted by atomic mass is 10.2. The molecule has 0 radical (unpaired) electrons. The van der Waals surface area contributed by atoms with E-state index in [2.05, 4.69) is 21.3 Å². The van der Waals surface area contributed by atoms with E-state index in [0.29, 0.717) is 47.5 Å². The summed E-state index contributed by atoms with van der Waals surface area (Å²) in [4.78, 5) is 24.1. The minimum absolute atomic E-state index is 0.277. The van der Waals surface area contributed by atoms with E-state index in [-0.39, 0.29) is 12.1 Å². The Kier molecular flexibility index (Phi) is 11.2. The van der Waals surface area contributed by atoms with E-state index in [4.69, 9.17) is 18.9 Å². The van der Waals surface area contributed by atoms with Gasteiger partial charge in [0.2, 0.25) is 0 Å². The van der Waals surface area contributed by atoms with Gasteiger partial charge in [-0.1, -0.05) is 12.8 Å². The van der Waals surface area contributed by atoms with Crippen molar-refractivity contribution in [3.8, 4) is 23.0 Å². The molecule has 2 aromatic rings. The van der Waals surface area contributed by atoms with Crippen LogP contribution in [0, 0.1) is 0 Å². The van der Waals surface area contributed by atoms with E-state index in [1.807, 2.05) is 0 Å². The molecule has 0 fully saturated rings. The van der Waals surface area contributed by atoms with Gasteiger partial charge in [-0.05, 0) is 37.1 Å². The molecule has 0 spiro atoms. The number of anilines is 2. The standard InChI is InChI=1S/C24H34N4O6/c1-31-19-11-9-17(15-21(19)33-3)27-23(29)25-13-7-5-6-8-14-26-24(30)28-18-10-12-20(32-2)22(16-18)34-4/h9-12,15-16H,5-8,13-14H2,1-4H3,(H2,25,27,29)(H2,26,28,30). The van der Waals surface area contributed by atoms with Gasteiger partial charge in [-0.15, -0.1) is 0 Å². The summed E-state index contributed by atoms with van der Waals surface area (Å²) in [5.74, 6) is 2.29. The van der Waals surface area contributed by atoms with Crippen LogP contribution in [0.3, 0.4) is 0 Å². The average Bonchev–Trinajstić information content (AvgIpc) is 2.85. The Bertz CT molecular complexity index is 862. The van der Waals surface area contributed by atoms with Crippen molar-refractivity contribution >= 4 is 23.4 Å². The number of hydrogen-bond acceptors (Lipinski definition) is 6. The number of unbranched alkanes of at least 4 members (excludes halogenated alkanes) is 3. The van der Waals surface area contributed by atoms with Gasteiger partial charge in [0.1, 0.15) is 0 Å². The van der Waals surface area contributed by atoms with Crippen molar-refractivity contribution in [2.45, 2.75) is 25.7 Å². The Hall–Kier alpha value is -3.82. The summed E-state index contributed by atoms with van der Waals surface area (Å²) in [5, 5.41) is 11.2. The second-order valence-corrected chi connectivity index (χ2v) is 7.32. The number of carbonyl (C=O) groups is 2. The molecule has 4 amide bonds. The van der Waals surface area contributed by atoms with Gasteiger partial charge in [0.15, 0.2) is 23.0 Å². The normalized spacial score (nSPS) is 10.1. The molecule has 0 aromatic heterocycles. The number of rotatable bonds is 13. The second kappa shape index (κ2) is 14.4. The van der Waals surface area contributed by atoms with Crippen LogP contribution in [0.5, 0.6) is 23.0 Å². The average molecular weight is 475 g/mol. The molecule has 2 aromatic carbocycles. The third kappa shape index (κ3) is 8.61. The lowest BCUT2D eigenvalue weighted by Gasteiger charge is -2.12. The molecule has 0 atom stereocenters. The molecule has 0 unspecified atom stereocenters. The van der Waals surface area contributed by atoms with Gasteiger partial charge >= 0.3 is 12.1 Å². The minimum atomic E-state index is -0.277. The molecule has 0 saturated heterocycles. The van der Waals surface area contributed by atoms with E-state index in [1.165, 1.54) is 0 Å². The molecular weight excluding hydrogens is 440 g/mol. The first-order valence-electron chi connectivity index (χ1n) is 11.0. The van der Waals surface area contributed by atoms with Crippen molar-refractivity contribution in [3.63, 3.8) is 0 Å². The topological polar surface area (TPSA) is 119 Å². The van der Waals surface area contributed by atoms with Crippen molar-refractivity contribution in [1.29, 1.82) is 0 Å². The minimum Gasteiger partial charge on any atom is -0.493 e. The van der Waals surface area contributed by atoms with Crippen molar-refractivity contribution < 1.29 is 28.5 Å². The number of hydrogen-bond donors (Lipinski definition) is 4. The highest BCUT2D eigenvalue weighted by atomic mass is 16.5. The summed E-state index contributed by atoms with van der Waals surface area (Å²) in [5.41, 5.74) is 1.24. The third-order valence-electron chi connectivity index (χ3n) is 4.96. The van der Waals surface area contributed by atoms with E-state index < -0.39 is 0 Å². The summed E-state index contributed by atoms with van der Waals surface area (Å²) >= 11 is 0. The lowest BCUT2D eigenvalue weighted by Crippen LogP contribution is -2.30. The maximum Gasteiger partial charge on any atom is 0.319 e. The molecule has 4 N–H and O–H groups in total. The summed E-state index contributed by atoms with van der Waals surface area (Å²) in [7, 11) is 6.20. The maximum absolute atomic E-state index is 12.0. The smallest absolute Gasteiger partial charge is 0.319 e. The molecular formula is C24H34N4O6. The molecule has 34 heavy (non-hydrogen) atoms. The lowest BCUT2D eigenvalue weighted by molar-refractivity contribution is 0.250. The molecule has 186 valence electrons. The van der Waals surface area contributed by atoms with Crippen LogP contribution in [0.2, 0.25) is 0 Å². The third-order valence-corrected chi connectivity index (χ3v) is 4.96. The van der Waals surface area contributed by atoms with E-state index in [0.717, 1.165) is 25.7 Å². The second-order valence-electron chi connectivity index (χ2n) is 7.32. The van der Waals surface area contributed by atoms with Crippen LogP contribution in [0.1, 0.15) is 25.7 Å². The molecule has 0 heterocycles. The number of carbonyl (C=O) groups excluding carboxylic acids is 2. The highest BCUT2D eigenvalue weighted by molar-refractivity contribution is 5.90. The van der Waals surface area contributed by atoms with Gasteiger partial charge in [-0.3, -0.25) is 0 Å². The molecule has 10 nitrogen and oxygen atoms in total. The van der Waals surface area contributed by atoms with Crippen LogP contribution in [-0.2, 0) is 0 Å². The van der Waals surface area contributed by atoms with Crippen LogP contribution < -0.4 is 40.2 Å². The number of benzene rings is 2. The summed E-state index contributed by atoms with van der Waals surface area (Å²) in [6, 6.07) is 9.80. The first-order chi connectivity index (χ1) is 16.5. The fraction of sp³-hybridized carbons (Fsp3) is 0.417. The van der Waals surface area contributed by atoms with E-state index in [9.17, 15) is 9.59 Å². The van der Waals surface area contributed by atoms with Gasteiger partial charge in [-0.2, -0.15) is 0 Å². The molecule has 0 saturated carbocycles. The van der Waals surface area contributed by atoms with Crippen molar-refractivity contribution in [2.75, 3.05) is 52.2 Å². The van der Waals surface area contributed by atoms with Crippen LogP contribution >= 0.6 is 0 Å². The van der Waals surface area contributed by atoms with Crippen molar-refractivity contribution in [3.05, 3.63) is 36.4 Å². The van der Waals surface area contributed by atoms with Crippen LogP contribution in [-0.4, -0.2) is 53.6 Å². The van der Waals surface area contributed by atoms with Crippen molar-refractivity contribution in [1.82, 2.24) is 10.6 Å². The maximum atomic E-state index is 12.0. The number of methoxy groups -OCH3 is 4. The van der Waals surface area contributed by atoms with Gasteiger partial charge in [0, 0.05) is 36.6 Å². The van der Waals surface area contributed by atoms with Gasteiger partial charge < -0.3 is 40.2 Å². The van der Waals surface area contributed by atoms with Gasteiger partial charge in [0.25, 0.3) is 0 Å². The summed E-state index contributed by atoms with van der Waals surface area (Å²) < 4.78 is 20.8. The first-order valence-corrected chi connectivity index (χ1v) is 11.0. The molecule has 0 bridgehead atoms. The zero-order chi connectivity index (χ0) is 24.8. The van der Waals surface area contributed by atoms with Gasteiger partial charge in [-0.25, -0.2) is 9.59 Å².